The molecule has 84 valence electrons. The molecule has 4 N–H and O–H groups in total. The molecule has 0 amide bonds. The lowest BCUT2D eigenvalue weighted by atomic mass is 10.5. The summed E-state index contributed by atoms with van der Waals surface area (Å²) in [6.45, 7) is 0. The Hall–Kier alpha value is -1.76. The van der Waals surface area contributed by atoms with Crippen LogP contribution < -0.4 is 11.5 Å². The van der Waals surface area contributed by atoms with Crippen molar-refractivity contribution in [3.8, 4) is 0 Å². The van der Waals surface area contributed by atoms with Gasteiger partial charge in [0, 0.05) is 30.8 Å². The highest BCUT2D eigenvalue weighted by Gasteiger charge is 2.04. The van der Waals surface area contributed by atoms with Crippen LogP contribution in [0.2, 0.25) is 0 Å². The molecule has 0 saturated heterocycles. The first-order chi connectivity index (χ1) is 7.65. The van der Waals surface area contributed by atoms with E-state index in [9.17, 15) is 0 Å². The SMILES string of the molecule is Cn1cncc1CSc1nc(N)cc(N)n1. The van der Waals surface area contributed by atoms with Crippen LogP contribution in [0.4, 0.5) is 11.6 Å². The zero-order valence-electron chi connectivity index (χ0n) is 8.79. The van der Waals surface area contributed by atoms with Gasteiger partial charge >= 0.3 is 0 Å². The third kappa shape index (κ3) is 2.43. The second-order valence-corrected chi connectivity index (χ2v) is 4.23. The first-order valence-electron chi connectivity index (χ1n) is 4.63. The minimum absolute atomic E-state index is 0.389. The number of nitrogen functional groups attached to an aromatic ring is 2. The van der Waals surface area contributed by atoms with Crippen molar-refractivity contribution >= 4 is 23.4 Å². The van der Waals surface area contributed by atoms with Crippen LogP contribution in [0.5, 0.6) is 0 Å². The summed E-state index contributed by atoms with van der Waals surface area (Å²) in [7, 11) is 1.94. The van der Waals surface area contributed by atoms with E-state index in [-0.39, 0.29) is 0 Å². The van der Waals surface area contributed by atoms with Crippen molar-refractivity contribution in [1.29, 1.82) is 0 Å². The zero-order chi connectivity index (χ0) is 11.5. The Morgan fingerprint density at radius 1 is 1.31 bits per heavy atom. The molecule has 0 aromatic carbocycles. The Kier molecular flexibility index (Phi) is 2.95. The Labute approximate surface area is 97.1 Å². The van der Waals surface area contributed by atoms with Gasteiger partial charge in [0.2, 0.25) is 0 Å². The lowest BCUT2D eigenvalue weighted by molar-refractivity contribution is 0.865. The van der Waals surface area contributed by atoms with Gasteiger partial charge in [-0.2, -0.15) is 0 Å². The van der Waals surface area contributed by atoms with Crippen LogP contribution in [0.25, 0.3) is 0 Å². The van der Waals surface area contributed by atoms with E-state index in [0.29, 0.717) is 16.8 Å². The van der Waals surface area contributed by atoms with Crippen molar-refractivity contribution in [2.75, 3.05) is 11.5 Å². The second-order valence-electron chi connectivity index (χ2n) is 3.28. The van der Waals surface area contributed by atoms with E-state index < -0.39 is 0 Å². The number of hydrogen-bond acceptors (Lipinski definition) is 6. The van der Waals surface area contributed by atoms with Crippen LogP contribution in [-0.4, -0.2) is 19.5 Å². The van der Waals surface area contributed by atoms with Gasteiger partial charge in [0.1, 0.15) is 11.6 Å². The fraction of sp³-hybridized carbons (Fsp3) is 0.222. The average molecular weight is 236 g/mol. The molecule has 0 aliphatic rings. The molecular formula is C9H12N6S. The predicted molar refractivity (Wildman–Crippen MR) is 63.6 cm³/mol. The van der Waals surface area contributed by atoms with Crippen LogP contribution in [0.3, 0.4) is 0 Å². The van der Waals surface area contributed by atoms with Gasteiger partial charge in [-0.3, -0.25) is 0 Å². The quantitative estimate of drug-likeness (QED) is 0.600. The molecule has 0 radical (unpaired) electrons. The van der Waals surface area contributed by atoms with Gasteiger partial charge < -0.3 is 16.0 Å². The summed E-state index contributed by atoms with van der Waals surface area (Å²) in [5.74, 6) is 1.51. The maximum atomic E-state index is 5.58. The molecule has 2 aromatic heterocycles. The lowest BCUT2D eigenvalue weighted by Crippen LogP contribution is -2.00. The molecule has 0 spiro atoms. The number of thioether (sulfide) groups is 1. The number of aromatic nitrogens is 4. The highest BCUT2D eigenvalue weighted by molar-refractivity contribution is 7.98. The molecule has 2 rings (SSSR count). The molecule has 2 aromatic rings. The van der Waals surface area contributed by atoms with Gasteiger partial charge in [0.05, 0.1) is 6.33 Å². The number of rotatable bonds is 3. The van der Waals surface area contributed by atoms with Gasteiger partial charge in [-0.15, -0.1) is 0 Å². The molecule has 0 atom stereocenters. The summed E-state index contributed by atoms with van der Waals surface area (Å²) in [5.41, 5.74) is 12.2. The number of nitrogens with zero attached hydrogens (tertiary/aromatic N) is 4. The van der Waals surface area contributed by atoms with Crippen LogP contribution in [0.15, 0.2) is 23.7 Å². The molecule has 16 heavy (non-hydrogen) atoms. The average Bonchev–Trinajstić information content (AvgIpc) is 2.59. The second kappa shape index (κ2) is 4.40. The number of anilines is 2. The van der Waals surface area contributed by atoms with E-state index in [1.807, 2.05) is 17.8 Å². The van der Waals surface area contributed by atoms with Crippen LogP contribution in [0, 0.1) is 0 Å². The molecule has 7 heteroatoms. The molecule has 0 aliphatic heterocycles. The number of nitrogens with two attached hydrogens (primary N) is 2. The summed E-state index contributed by atoms with van der Waals surface area (Å²) < 4.78 is 1.95. The maximum Gasteiger partial charge on any atom is 0.191 e. The standard InChI is InChI=1S/C9H12N6S/c1-15-5-12-3-6(15)4-16-9-13-7(10)2-8(11)14-9/h2-3,5H,4H2,1H3,(H4,10,11,13,14). The van der Waals surface area contributed by atoms with Gasteiger partial charge in [-0.1, -0.05) is 11.8 Å². The molecule has 0 bridgehead atoms. The molecule has 0 unspecified atom stereocenters. The zero-order valence-corrected chi connectivity index (χ0v) is 9.61. The number of hydrogen-bond donors (Lipinski definition) is 2. The lowest BCUT2D eigenvalue weighted by Gasteiger charge is -2.03. The Bertz CT molecular complexity index is 474. The Morgan fingerprint density at radius 3 is 2.56 bits per heavy atom. The van der Waals surface area contributed by atoms with Crippen molar-refractivity contribution < 1.29 is 0 Å². The third-order valence-electron chi connectivity index (χ3n) is 2.01. The number of aryl methyl sites for hydroxylation is 1. The normalized spacial score (nSPS) is 10.6. The topological polar surface area (TPSA) is 95.6 Å². The van der Waals surface area contributed by atoms with Crippen molar-refractivity contribution in [3.05, 3.63) is 24.3 Å². The highest BCUT2D eigenvalue weighted by atomic mass is 32.2. The molecular weight excluding hydrogens is 224 g/mol. The van der Waals surface area contributed by atoms with Crippen molar-refractivity contribution in [2.24, 2.45) is 7.05 Å². The van der Waals surface area contributed by atoms with Crippen molar-refractivity contribution in [1.82, 2.24) is 19.5 Å². The summed E-state index contributed by atoms with van der Waals surface area (Å²) in [4.78, 5) is 12.2. The summed E-state index contributed by atoms with van der Waals surface area (Å²) in [6.07, 6.45) is 3.56. The van der Waals surface area contributed by atoms with Crippen molar-refractivity contribution in [2.45, 2.75) is 10.9 Å². The van der Waals surface area contributed by atoms with Gasteiger partial charge in [0.15, 0.2) is 5.16 Å². The first-order valence-corrected chi connectivity index (χ1v) is 5.62. The van der Waals surface area contributed by atoms with E-state index in [2.05, 4.69) is 15.0 Å². The molecule has 2 heterocycles. The Morgan fingerprint density at radius 2 is 2.00 bits per heavy atom. The minimum Gasteiger partial charge on any atom is -0.383 e. The number of imidazole rings is 1. The van der Waals surface area contributed by atoms with Crippen LogP contribution in [0.1, 0.15) is 5.69 Å². The maximum absolute atomic E-state index is 5.58. The van der Waals surface area contributed by atoms with Crippen LogP contribution in [-0.2, 0) is 12.8 Å². The molecule has 0 fully saturated rings. The first kappa shape index (κ1) is 10.7. The van der Waals surface area contributed by atoms with E-state index in [1.165, 1.54) is 17.8 Å². The Balaban J connectivity index is 2.07. The largest absolute Gasteiger partial charge is 0.383 e. The summed E-state index contributed by atoms with van der Waals surface area (Å²) >= 11 is 1.48. The molecule has 6 nitrogen and oxygen atoms in total. The summed E-state index contributed by atoms with van der Waals surface area (Å²) in [6, 6.07) is 1.54. The fourth-order valence-electron chi connectivity index (χ4n) is 1.19. The van der Waals surface area contributed by atoms with E-state index >= 15 is 0 Å². The molecule has 0 saturated carbocycles. The smallest absolute Gasteiger partial charge is 0.191 e. The third-order valence-corrected chi connectivity index (χ3v) is 2.89. The fourth-order valence-corrected chi connectivity index (χ4v) is 2.08. The van der Waals surface area contributed by atoms with Gasteiger partial charge in [0.25, 0.3) is 0 Å². The van der Waals surface area contributed by atoms with E-state index in [4.69, 9.17) is 11.5 Å². The minimum atomic E-state index is 0.389. The monoisotopic (exact) mass is 236 g/mol. The predicted octanol–water partition coefficient (Wildman–Crippen LogP) is 0.667. The van der Waals surface area contributed by atoms with Gasteiger partial charge in [-0.05, 0) is 0 Å². The van der Waals surface area contributed by atoms with Crippen molar-refractivity contribution in [3.63, 3.8) is 0 Å². The van der Waals surface area contributed by atoms with Crippen LogP contribution >= 0.6 is 11.8 Å². The summed E-state index contributed by atoms with van der Waals surface area (Å²) in [5, 5.41) is 0.582. The highest BCUT2D eigenvalue weighted by Crippen LogP contribution is 2.20. The van der Waals surface area contributed by atoms with E-state index in [0.717, 1.165) is 11.4 Å². The van der Waals surface area contributed by atoms with E-state index in [1.54, 1.807) is 6.33 Å². The van der Waals surface area contributed by atoms with Gasteiger partial charge in [-0.25, -0.2) is 15.0 Å². The molecule has 0 aliphatic carbocycles.